The van der Waals surface area contributed by atoms with Crippen LogP contribution in [0.2, 0.25) is 0 Å². The van der Waals surface area contributed by atoms with Crippen molar-refractivity contribution in [2.75, 3.05) is 0 Å². The highest BCUT2D eigenvalue weighted by Gasteiger charge is 2.14. The molecule has 12 heavy (non-hydrogen) atoms. The smallest absolute Gasteiger partial charge is 0.267 e. The Kier molecular flexibility index (Phi) is 3.47. The summed E-state index contributed by atoms with van der Waals surface area (Å²) in [5.41, 5.74) is 0.727. The molecular weight excluding hydrogens is 172 g/mol. The molecule has 1 aromatic rings. The molecule has 0 aliphatic heterocycles. The molecular formula is C8H14N2OS. The van der Waals surface area contributed by atoms with E-state index in [-0.39, 0.29) is 5.56 Å². The van der Waals surface area contributed by atoms with E-state index in [4.69, 9.17) is 0 Å². The van der Waals surface area contributed by atoms with Gasteiger partial charge in [0.1, 0.15) is 5.69 Å². The number of aromatic amines is 1. The average molecular weight is 186 g/mol. The minimum atomic E-state index is 0.000278. The van der Waals surface area contributed by atoms with Gasteiger partial charge in [0, 0.05) is 17.6 Å². The SMILES string of the molecule is CCCC(CC)c1ns[nH]c1=O. The summed E-state index contributed by atoms with van der Waals surface area (Å²) in [6, 6.07) is 0. The molecule has 0 spiro atoms. The van der Waals surface area contributed by atoms with Crippen molar-refractivity contribution in [2.24, 2.45) is 0 Å². The first-order valence-electron chi connectivity index (χ1n) is 4.33. The van der Waals surface area contributed by atoms with Crippen molar-refractivity contribution in [1.82, 2.24) is 8.75 Å². The molecule has 0 saturated carbocycles. The van der Waals surface area contributed by atoms with Crippen LogP contribution in [0.25, 0.3) is 0 Å². The second kappa shape index (κ2) is 4.40. The molecule has 0 aliphatic carbocycles. The van der Waals surface area contributed by atoms with Gasteiger partial charge in [-0.3, -0.25) is 9.17 Å². The first-order chi connectivity index (χ1) is 5.79. The van der Waals surface area contributed by atoms with Crippen LogP contribution in [-0.2, 0) is 0 Å². The number of nitrogens with zero attached hydrogens (tertiary/aromatic N) is 1. The second-order valence-corrected chi connectivity index (χ2v) is 3.46. The van der Waals surface area contributed by atoms with Crippen molar-refractivity contribution >= 4 is 11.7 Å². The molecule has 0 aliphatic rings. The normalized spacial score (nSPS) is 13.2. The molecule has 1 rings (SSSR count). The van der Waals surface area contributed by atoms with Crippen LogP contribution in [0.3, 0.4) is 0 Å². The summed E-state index contributed by atoms with van der Waals surface area (Å²) in [5.74, 6) is 0.352. The van der Waals surface area contributed by atoms with Crippen molar-refractivity contribution in [2.45, 2.75) is 39.0 Å². The largest absolute Gasteiger partial charge is 0.281 e. The van der Waals surface area contributed by atoms with E-state index < -0.39 is 0 Å². The van der Waals surface area contributed by atoms with Crippen molar-refractivity contribution in [3.8, 4) is 0 Å². The molecule has 1 unspecified atom stereocenters. The molecule has 0 fully saturated rings. The monoisotopic (exact) mass is 186 g/mol. The molecule has 68 valence electrons. The summed E-state index contributed by atoms with van der Waals surface area (Å²) < 4.78 is 6.70. The van der Waals surface area contributed by atoms with E-state index in [0.29, 0.717) is 5.92 Å². The zero-order chi connectivity index (χ0) is 8.97. The van der Waals surface area contributed by atoms with Crippen LogP contribution in [0.4, 0.5) is 0 Å². The summed E-state index contributed by atoms with van der Waals surface area (Å²) in [5, 5.41) is 0. The van der Waals surface area contributed by atoms with Gasteiger partial charge < -0.3 is 0 Å². The van der Waals surface area contributed by atoms with Crippen molar-refractivity contribution < 1.29 is 0 Å². The van der Waals surface area contributed by atoms with Crippen LogP contribution >= 0.6 is 11.7 Å². The van der Waals surface area contributed by atoms with Crippen LogP contribution < -0.4 is 5.56 Å². The van der Waals surface area contributed by atoms with E-state index in [9.17, 15) is 4.79 Å². The first-order valence-corrected chi connectivity index (χ1v) is 5.11. The van der Waals surface area contributed by atoms with Crippen LogP contribution in [0.5, 0.6) is 0 Å². The van der Waals surface area contributed by atoms with Crippen LogP contribution in [0.15, 0.2) is 4.79 Å². The Bertz CT molecular complexity index is 279. The lowest BCUT2D eigenvalue weighted by molar-refractivity contribution is 0.581. The first kappa shape index (κ1) is 9.45. The molecule has 1 heterocycles. The molecule has 1 aromatic heterocycles. The predicted molar refractivity (Wildman–Crippen MR) is 50.7 cm³/mol. The summed E-state index contributed by atoms with van der Waals surface area (Å²) in [6.45, 7) is 4.22. The fraction of sp³-hybridized carbons (Fsp3) is 0.750. The highest BCUT2D eigenvalue weighted by atomic mass is 32.1. The summed E-state index contributed by atoms with van der Waals surface area (Å²) >= 11 is 1.15. The van der Waals surface area contributed by atoms with E-state index >= 15 is 0 Å². The third-order valence-electron chi connectivity index (χ3n) is 2.03. The third-order valence-corrected chi connectivity index (χ3v) is 2.60. The Hall–Kier alpha value is -0.640. The highest BCUT2D eigenvalue weighted by molar-refractivity contribution is 6.99. The van der Waals surface area contributed by atoms with E-state index in [1.807, 2.05) is 0 Å². The molecule has 0 bridgehead atoms. The second-order valence-electron chi connectivity index (χ2n) is 2.89. The van der Waals surface area contributed by atoms with Gasteiger partial charge in [-0.15, -0.1) is 0 Å². The molecule has 1 atom stereocenters. The topological polar surface area (TPSA) is 45.8 Å². The molecule has 0 aromatic carbocycles. The van der Waals surface area contributed by atoms with Crippen molar-refractivity contribution in [1.29, 1.82) is 0 Å². The Morgan fingerprint density at radius 3 is 2.75 bits per heavy atom. The number of rotatable bonds is 4. The Morgan fingerprint density at radius 1 is 1.58 bits per heavy atom. The number of nitrogens with one attached hydrogen (secondary N) is 1. The lowest BCUT2D eigenvalue weighted by atomic mass is 9.98. The quantitative estimate of drug-likeness (QED) is 0.783. The van der Waals surface area contributed by atoms with E-state index in [2.05, 4.69) is 22.6 Å². The average Bonchev–Trinajstić information content (AvgIpc) is 2.47. The predicted octanol–water partition coefficient (Wildman–Crippen LogP) is 2.13. The van der Waals surface area contributed by atoms with Crippen molar-refractivity contribution in [3.63, 3.8) is 0 Å². The number of hydrogen-bond donors (Lipinski definition) is 1. The number of aromatic nitrogens is 2. The molecule has 0 radical (unpaired) electrons. The zero-order valence-corrected chi connectivity index (χ0v) is 8.28. The van der Waals surface area contributed by atoms with Crippen LogP contribution in [0.1, 0.15) is 44.7 Å². The molecule has 4 heteroatoms. The number of hydrogen-bond acceptors (Lipinski definition) is 3. The van der Waals surface area contributed by atoms with Crippen molar-refractivity contribution in [3.05, 3.63) is 16.0 Å². The van der Waals surface area contributed by atoms with Gasteiger partial charge in [0.25, 0.3) is 5.56 Å². The summed E-state index contributed by atoms with van der Waals surface area (Å²) in [6.07, 6.45) is 3.17. The Balaban J connectivity index is 2.79. The number of H-pyrrole nitrogens is 1. The van der Waals surface area contributed by atoms with Gasteiger partial charge in [-0.25, -0.2) is 0 Å². The molecule has 0 amide bonds. The van der Waals surface area contributed by atoms with Gasteiger partial charge in [0.05, 0.1) is 0 Å². The lowest BCUT2D eigenvalue weighted by Crippen LogP contribution is -2.11. The van der Waals surface area contributed by atoms with E-state index in [1.165, 1.54) is 0 Å². The van der Waals surface area contributed by atoms with Crippen LogP contribution in [-0.4, -0.2) is 8.75 Å². The van der Waals surface area contributed by atoms with Gasteiger partial charge in [-0.2, -0.15) is 4.37 Å². The maximum absolute atomic E-state index is 11.2. The van der Waals surface area contributed by atoms with Gasteiger partial charge in [0.15, 0.2) is 0 Å². The Labute approximate surface area is 76.1 Å². The minimum absolute atomic E-state index is 0.000278. The summed E-state index contributed by atoms with van der Waals surface area (Å²) in [7, 11) is 0. The van der Waals surface area contributed by atoms with Crippen LogP contribution in [0, 0.1) is 0 Å². The molecule has 1 N–H and O–H groups in total. The maximum atomic E-state index is 11.2. The fourth-order valence-corrected chi connectivity index (χ4v) is 1.91. The highest BCUT2D eigenvalue weighted by Crippen LogP contribution is 2.20. The fourth-order valence-electron chi connectivity index (χ4n) is 1.35. The van der Waals surface area contributed by atoms with E-state index in [1.54, 1.807) is 0 Å². The van der Waals surface area contributed by atoms with Gasteiger partial charge in [-0.1, -0.05) is 20.3 Å². The minimum Gasteiger partial charge on any atom is -0.267 e. The Morgan fingerprint density at radius 2 is 2.33 bits per heavy atom. The molecule has 3 nitrogen and oxygen atoms in total. The maximum Gasteiger partial charge on any atom is 0.281 e. The van der Waals surface area contributed by atoms with E-state index in [0.717, 1.165) is 36.7 Å². The van der Waals surface area contributed by atoms with Gasteiger partial charge in [0.2, 0.25) is 0 Å². The van der Waals surface area contributed by atoms with Gasteiger partial charge >= 0.3 is 0 Å². The summed E-state index contributed by atoms with van der Waals surface area (Å²) in [4.78, 5) is 11.2. The zero-order valence-electron chi connectivity index (χ0n) is 7.46. The van der Waals surface area contributed by atoms with Gasteiger partial charge in [-0.05, 0) is 12.8 Å². The molecule has 0 saturated heterocycles. The standard InChI is InChI=1S/C8H14N2OS/c1-3-5-6(4-2)7-8(11)10-12-9-7/h6H,3-5H2,1-2H3,(H,10,11). The lowest BCUT2D eigenvalue weighted by Gasteiger charge is -2.07. The third kappa shape index (κ3) is 1.94.